The second-order valence-electron chi connectivity index (χ2n) is 4.41. The van der Waals surface area contributed by atoms with Crippen LogP contribution in [0, 0.1) is 12.7 Å². The number of hydrogen-bond donors (Lipinski definition) is 2. The molecule has 0 aliphatic rings. The van der Waals surface area contributed by atoms with Gasteiger partial charge in [0.2, 0.25) is 0 Å². The monoisotopic (exact) mass is 436 g/mol. The van der Waals surface area contributed by atoms with Crippen LogP contribution in [0.1, 0.15) is 5.56 Å². The second kappa shape index (κ2) is 5.94. The molecule has 0 saturated carbocycles. The molecule has 0 bridgehead atoms. The van der Waals surface area contributed by atoms with Crippen LogP contribution in [-0.4, -0.2) is 8.42 Å². The summed E-state index contributed by atoms with van der Waals surface area (Å²) in [4.78, 5) is 0.0443. The van der Waals surface area contributed by atoms with Gasteiger partial charge in [-0.2, -0.15) is 0 Å². The highest BCUT2D eigenvalue weighted by Crippen LogP contribution is 2.30. The Hall–Kier alpha value is -1.12. The van der Waals surface area contributed by atoms with Crippen LogP contribution in [-0.2, 0) is 10.0 Å². The molecule has 3 N–H and O–H groups in total. The average molecular weight is 438 g/mol. The van der Waals surface area contributed by atoms with Crippen LogP contribution in [0.2, 0.25) is 0 Å². The van der Waals surface area contributed by atoms with Gasteiger partial charge >= 0.3 is 0 Å². The van der Waals surface area contributed by atoms with Gasteiger partial charge in [0.05, 0.1) is 5.69 Å². The Morgan fingerprint density at radius 1 is 1.10 bits per heavy atom. The first-order chi connectivity index (χ1) is 9.69. The van der Waals surface area contributed by atoms with Crippen molar-refractivity contribution < 1.29 is 12.8 Å². The van der Waals surface area contributed by atoms with E-state index in [4.69, 9.17) is 5.73 Å². The van der Waals surface area contributed by atoms with E-state index in [0.717, 1.165) is 17.7 Å². The van der Waals surface area contributed by atoms with Crippen LogP contribution in [0.15, 0.2) is 44.2 Å². The second-order valence-corrected chi connectivity index (χ2v) is 7.77. The number of rotatable bonds is 3. The summed E-state index contributed by atoms with van der Waals surface area (Å²) in [5, 5.41) is 0. The summed E-state index contributed by atoms with van der Waals surface area (Å²) in [5.74, 6) is -0.614. The zero-order valence-corrected chi connectivity index (χ0v) is 14.8. The minimum absolute atomic E-state index is 0.0443. The van der Waals surface area contributed by atoms with E-state index in [1.807, 2.05) is 6.92 Å². The third-order valence-electron chi connectivity index (χ3n) is 2.67. The van der Waals surface area contributed by atoms with Crippen LogP contribution in [0.5, 0.6) is 0 Å². The lowest BCUT2D eigenvalue weighted by Crippen LogP contribution is -2.14. The van der Waals surface area contributed by atoms with Gasteiger partial charge in [0.1, 0.15) is 10.7 Å². The van der Waals surface area contributed by atoms with Gasteiger partial charge in [-0.05, 0) is 58.7 Å². The topological polar surface area (TPSA) is 72.2 Å². The smallest absolute Gasteiger partial charge is 0.263 e. The number of benzene rings is 2. The van der Waals surface area contributed by atoms with Gasteiger partial charge < -0.3 is 5.73 Å². The first-order valence-electron chi connectivity index (χ1n) is 5.73. The highest BCUT2D eigenvalue weighted by Gasteiger charge is 2.19. The van der Waals surface area contributed by atoms with E-state index in [2.05, 4.69) is 36.6 Å². The van der Waals surface area contributed by atoms with Crippen LogP contribution < -0.4 is 10.5 Å². The van der Waals surface area contributed by atoms with Crippen LogP contribution in [0.4, 0.5) is 15.8 Å². The van der Waals surface area contributed by atoms with Gasteiger partial charge in [0.25, 0.3) is 10.0 Å². The minimum atomic E-state index is -3.87. The van der Waals surface area contributed by atoms with Crippen molar-refractivity contribution in [3.8, 4) is 0 Å². The predicted molar refractivity (Wildman–Crippen MR) is 88.2 cm³/mol. The molecule has 0 radical (unpaired) electrons. The molecule has 0 spiro atoms. The molecule has 0 aromatic heterocycles. The molecule has 21 heavy (non-hydrogen) atoms. The lowest BCUT2D eigenvalue weighted by molar-refractivity contribution is 0.600. The maximum absolute atomic E-state index is 13.3. The van der Waals surface area contributed by atoms with Gasteiger partial charge in [0.15, 0.2) is 0 Å². The van der Waals surface area contributed by atoms with Crippen molar-refractivity contribution in [2.24, 2.45) is 0 Å². The van der Waals surface area contributed by atoms with E-state index >= 15 is 0 Å². The zero-order valence-electron chi connectivity index (χ0n) is 10.8. The minimum Gasteiger partial charge on any atom is -0.399 e. The molecule has 0 aliphatic heterocycles. The Morgan fingerprint density at radius 3 is 2.38 bits per heavy atom. The van der Waals surface area contributed by atoms with Crippen molar-refractivity contribution in [3.63, 3.8) is 0 Å². The summed E-state index contributed by atoms with van der Waals surface area (Å²) in [6.07, 6.45) is 0. The normalized spacial score (nSPS) is 11.4. The summed E-state index contributed by atoms with van der Waals surface area (Å²) < 4.78 is 41.4. The Labute approximate surface area is 138 Å². The Bertz CT molecular complexity index is 790. The van der Waals surface area contributed by atoms with E-state index in [-0.39, 0.29) is 16.3 Å². The molecule has 112 valence electrons. The van der Waals surface area contributed by atoms with E-state index in [1.54, 1.807) is 6.07 Å². The van der Waals surface area contributed by atoms with E-state index < -0.39 is 15.8 Å². The van der Waals surface area contributed by atoms with Crippen molar-refractivity contribution >= 4 is 53.3 Å². The number of sulfonamides is 1. The Morgan fingerprint density at radius 2 is 1.76 bits per heavy atom. The summed E-state index contributed by atoms with van der Waals surface area (Å²) >= 11 is 6.51. The quantitative estimate of drug-likeness (QED) is 0.711. The molecule has 4 nitrogen and oxygen atoms in total. The number of hydrogen-bond acceptors (Lipinski definition) is 3. The van der Waals surface area contributed by atoms with Crippen molar-refractivity contribution in [2.45, 2.75) is 11.8 Å². The number of aryl methyl sites for hydroxylation is 1. The number of anilines is 2. The van der Waals surface area contributed by atoms with Gasteiger partial charge in [0, 0.05) is 14.6 Å². The summed E-state index contributed by atoms with van der Waals surface area (Å²) in [6, 6.07) is 6.67. The molecular weight excluding hydrogens is 427 g/mol. The third-order valence-corrected chi connectivity index (χ3v) is 5.87. The molecule has 0 unspecified atom stereocenters. The lowest BCUT2D eigenvalue weighted by atomic mass is 10.2. The summed E-state index contributed by atoms with van der Waals surface area (Å²) in [5.41, 5.74) is 6.59. The van der Waals surface area contributed by atoms with Crippen LogP contribution in [0.25, 0.3) is 0 Å². The number of nitrogens with two attached hydrogens (primary N) is 1. The zero-order chi connectivity index (χ0) is 15.8. The molecule has 0 aliphatic carbocycles. The maximum atomic E-state index is 13.3. The van der Waals surface area contributed by atoms with Gasteiger partial charge in [-0.15, -0.1) is 0 Å². The fraction of sp³-hybridized carbons (Fsp3) is 0.0769. The molecule has 0 fully saturated rings. The molecular formula is C13H11Br2FN2O2S. The fourth-order valence-corrected chi connectivity index (χ4v) is 4.43. The molecule has 8 heteroatoms. The molecule has 0 atom stereocenters. The van der Waals surface area contributed by atoms with Crippen molar-refractivity contribution in [1.29, 1.82) is 0 Å². The molecule has 0 amide bonds. The molecule has 2 rings (SSSR count). The summed E-state index contributed by atoms with van der Waals surface area (Å²) in [6.45, 7) is 1.84. The Kier molecular flexibility index (Phi) is 4.60. The van der Waals surface area contributed by atoms with E-state index in [0.29, 0.717) is 8.95 Å². The molecule has 0 saturated heterocycles. The highest BCUT2D eigenvalue weighted by atomic mass is 79.9. The first kappa shape index (κ1) is 16.3. The van der Waals surface area contributed by atoms with Gasteiger partial charge in [-0.25, -0.2) is 12.8 Å². The fourth-order valence-electron chi connectivity index (χ4n) is 1.72. The van der Waals surface area contributed by atoms with E-state index in [1.165, 1.54) is 12.1 Å². The van der Waals surface area contributed by atoms with E-state index in [9.17, 15) is 12.8 Å². The molecule has 2 aromatic rings. The first-order valence-corrected chi connectivity index (χ1v) is 8.80. The lowest BCUT2D eigenvalue weighted by Gasteiger charge is -2.12. The van der Waals surface area contributed by atoms with Gasteiger partial charge in [-0.1, -0.05) is 15.9 Å². The third kappa shape index (κ3) is 3.75. The number of halogens is 3. The van der Waals surface area contributed by atoms with Gasteiger partial charge in [-0.3, -0.25) is 4.72 Å². The standard InChI is InChI=1S/C13H11Br2FN2O2S/c1-7-2-12(15)13(6-11(7)14)21(19,20)18-10-4-8(16)3-9(17)5-10/h2-6,18H,17H2,1H3. The molecule has 0 heterocycles. The maximum Gasteiger partial charge on any atom is 0.263 e. The molecule has 2 aromatic carbocycles. The highest BCUT2D eigenvalue weighted by molar-refractivity contribution is 9.11. The van der Waals surface area contributed by atoms with Crippen molar-refractivity contribution in [2.75, 3.05) is 10.5 Å². The largest absolute Gasteiger partial charge is 0.399 e. The van der Waals surface area contributed by atoms with Crippen LogP contribution >= 0.6 is 31.9 Å². The van der Waals surface area contributed by atoms with Crippen molar-refractivity contribution in [1.82, 2.24) is 0 Å². The number of nitrogen functional groups attached to an aromatic ring is 1. The Balaban J connectivity index is 2.45. The summed E-state index contributed by atoms with van der Waals surface area (Å²) in [7, 11) is -3.87. The van der Waals surface area contributed by atoms with Crippen molar-refractivity contribution in [3.05, 3.63) is 50.7 Å². The average Bonchev–Trinajstić information content (AvgIpc) is 2.31. The number of nitrogens with one attached hydrogen (secondary N) is 1. The SMILES string of the molecule is Cc1cc(Br)c(S(=O)(=O)Nc2cc(N)cc(F)c2)cc1Br. The predicted octanol–water partition coefficient (Wildman–Crippen LogP) is 4.04. The van der Waals surface area contributed by atoms with Crippen LogP contribution in [0.3, 0.4) is 0 Å².